The minimum Gasteiger partial charge on any atom is -0.399 e. The number of benzene rings is 1. The average molecular weight is 204 g/mol. The normalized spacial score (nSPS) is 10.2. The van der Waals surface area contributed by atoms with E-state index in [1.807, 2.05) is 0 Å². The number of anilines is 1. The van der Waals surface area contributed by atoms with Crippen LogP contribution in [0.15, 0.2) is 41.3 Å². The van der Waals surface area contributed by atoms with Crippen LogP contribution < -0.4 is 11.3 Å². The molecule has 2 rings (SSSR count). The van der Waals surface area contributed by atoms with Crippen LogP contribution in [0.2, 0.25) is 0 Å². The molecule has 0 unspecified atom stereocenters. The van der Waals surface area contributed by atoms with Gasteiger partial charge in [0.05, 0.1) is 0 Å². The fourth-order valence-electron chi connectivity index (χ4n) is 1.38. The average Bonchev–Trinajstić information content (AvgIpc) is 2.20. The van der Waals surface area contributed by atoms with E-state index in [0.29, 0.717) is 11.3 Å². The van der Waals surface area contributed by atoms with Crippen LogP contribution in [0.25, 0.3) is 11.1 Å². The Labute approximate surface area is 85.4 Å². The van der Waals surface area contributed by atoms with E-state index in [9.17, 15) is 9.18 Å². The SMILES string of the molecule is Nc1ccc(-c2ccc[nH]c2=O)c(F)c1. The summed E-state index contributed by atoms with van der Waals surface area (Å²) < 4.78 is 13.5. The second kappa shape index (κ2) is 3.57. The Morgan fingerprint density at radius 1 is 1.20 bits per heavy atom. The highest BCUT2D eigenvalue weighted by molar-refractivity contribution is 5.65. The Morgan fingerprint density at radius 2 is 2.00 bits per heavy atom. The molecule has 0 saturated carbocycles. The number of nitrogens with two attached hydrogens (primary N) is 1. The standard InChI is InChI=1S/C11H9FN2O/c12-10-6-7(13)3-4-8(10)9-2-1-5-14-11(9)15/h1-6H,13H2,(H,14,15). The Balaban J connectivity index is 2.65. The predicted molar refractivity (Wildman–Crippen MR) is 56.9 cm³/mol. The maximum absolute atomic E-state index is 13.5. The maximum atomic E-state index is 13.5. The summed E-state index contributed by atoms with van der Waals surface area (Å²) >= 11 is 0. The molecule has 0 spiro atoms. The zero-order chi connectivity index (χ0) is 10.8. The molecular formula is C11H9FN2O. The first-order chi connectivity index (χ1) is 7.18. The first-order valence-electron chi connectivity index (χ1n) is 4.41. The summed E-state index contributed by atoms with van der Waals surface area (Å²) in [4.78, 5) is 13.9. The molecule has 3 nitrogen and oxygen atoms in total. The molecule has 0 saturated heterocycles. The lowest BCUT2D eigenvalue weighted by Crippen LogP contribution is -2.08. The van der Waals surface area contributed by atoms with Crippen LogP contribution in [-0.4, -0.2) is 4.98 Å². The van der Waals surface area contributed by atoms with Crippen LogP contribution >= 0.6 is 0 Å². The third kappa shape index (κ3) is 1.74. The van der Waals surface area contributed by atoms with E-state index in [-0.39, 0.29) is 11.1 Å². The Bertz CT molecular complexity index is 548. The minimum atomic E-state index is -0.494. The summed E-state index contributed by atoms with van der Waals surface area (Å²) in [5.41, 5.74) is 5.99. The summed E-state index contributed by atoms with van der Waals surface area (Å²) in [6.45, 7) is 0. The second-order valence-electron chi connectivity index (χ2n) is 3.15. The molecule has 0 aliphatic carbocycles. The van der Waals surface area contributed by atoms with Gasteiger partial charge in [0, 0.05) is 23.0 Å². The second-order valence-corrected chi connectivity index (χ2v) is 3.15. The first-order valence-corrected chi connectivity index (χ1v) is 4.41. The topological polar surface area (TPSA) is 58.9 Å². The lowest BCUT2D eigenvalue weighted by molar-refractivity contribution is 0.632. The zero-order valence-corrected chi connectivity index (χ0v) is 7.83. The van der Waals surface area contributed by atoms with Crippen LogP contribution in [0.4, 0.5) is 10.1 Å². The molecule has 0 aliphatic heterocycles. The molecular weight excluding hydrogens is 195 g/mol. The molecule has 76 valence electrons. The van der Waals surface area contributed by atoms with Crippen LogP contribution in [0, 0.1) is 5.82 Å². The summed E-state index contributed by atoms with van der Waals surface area (Å²) in [5, 5.41) is 0. The van der Waals surface area contributed by atoms with Crippen molar-refractivity contribution in [1.29, 1.82) is 0 Å². The summed E-state index contributed by atoms with van der Waals surface area (Å²) in [6, 6.07) is 7.46. The number of nitrogens with one attached hydrogen (secondary N) is 1. The molecule has 1 aromatic heterocycles. The number of hydrogen-bond acceptors (Lipinski definition) is 2. The Hall–Kier alpha value is -2.10. The summed E-state index contributed by atoms with van der Waals surface area (Å²) in [6.07, 6.45) is 1.50. The zero-order valence-electron chi connectivity index (χ0n) is 7.83. The Morgan fingerprint density at radius 3 is 2.67 bits per heavy atom. The van der Waals surface area contributed by atoms with Gasteiger partial charge in [-0.25, -0.2) is 4.39 Å². The van der Waals surface area contributed by atoms with Crippen molar-refractivity contribution in [2.45, 2.75) is 0 Å². The van der Waals surface area contributed by atoms with Gasteiger partial charge in [-0.3, -0.25) is 4.79 Å². The van der Waals surface area contributed by atoms with Gasteiger partial charge < -0.3 is 10.7 Å². The van der Waals surface area contributed by atoms with Crippen molar-refractivity contribution in [2.75, 3.05) is 5.73 Å². The molecule has 1 heterocycles. The largest absolute Gasteiger partial charge is 0.399 e. The third-order valence-corrected chi connectivity index (χ3v) is 2.10. The van der Waals surface area contributed by atoms with Crippen molar-refractivity contribution in [3.8, 4) is 11.1 Å². The van der Waals surface area contributed by atoms with E-state index in [1.54, 1.807) is 18.2 Å². The van der Waals surface area contributed by atoms with E-state index in [2.05, 4.69) is 4.98 Å². The van der Waals surface area contributed by atoms with Gasteiger partial charge in [-0.1, -0.05) is 0 Å². The number of hydrogen-bond donors (Lipinski definition) is 2. The smallest absolute Gasteiger partial charge is 0.255 e. The highest BCUT2D eigenvalue weighted by Crippen LogP contribution is 2.20. The molecule has 1 aromatic carbocycles. The van der Waals surface area contributed by atoms with Gasteiger partial charge in [0.25, 0.3) is 5.56 Å². The van der Waals surface area contributed by atoms with E-state index in [1.165, 1.54) is 18.3 Å². The quantitative estimate of drug-likeness (QED) is 0.695. The fraction of sp³-hybridized carbons (Fsp3) is 0. The first kappa shape index (κ1) is 9.45. The van der Waals surface area contributed by atoms with Gasteiger partial charge >= 0.3 is 0 Å². The van der Waals surface area contributed by atoms with Crippen molar-refractivity contribution >= 4 is 5.69 Å². The minimum absolute atomic E-state index is 0.256. The Kier molecular flexibility index (Phi) is 2.25. The highest BCUT2D eigenvalue weighted by Gasteiger charge is 2.07. The van der Waals surface area contributed by atoms with Crippen LogP contribution in [0.1, 0.15) is 0 Å². The number of nitrogen functional groups attached to an aromatic ring is 1. The van der Waals surface area contributed by atoms with Crippen molar-refractivity contribution in [3.05, 3.63) is 52.7 Å². The molecule has 2 aromatic rings. The molecule has 0 radical (unpaired) electrons. The number of pyridine rings is 1. The molecule has 0 bridgehead atoms. The molecule has 4 heteroatoms. The molecule has 0 amide bonds. The highest BCUT2D eigenvalue weighted by atomic mass is 19.1. The van der Waals surface area contributed by atoms with Gasteiger partial charge in [-0.05, 0) is 30.3 Å². The number of aromatic amines is 1. The summed E-state index contributed by atoms with van der Waals surface area (Å²) in [5.74, 6) is -0.494. The van der Waals surface area contributed by atoms with Crippen LogP contribution in [-0.2, 0) is 0 Å². The molecule has 15 heavy (non-hydrogen) atoms. The van der Waals surface area contributed by atoms with E-state index >= 15 is 0 Å². The lowest BCUT2D eigenvalue weighted by Gasteiger charge is -2.02. The van der Waals surface area contributed by atoms with Gasteiger partial charge in [-0.15, -0.1) is 0 Å². The third-order valence-electron chi connectivity index (χ3n) is 2.10. The van der Waals surface area contributed by atoms with Crippen molar-refractivity contribution in [2.24, 2.45) is 0 Å². The monoisotopic (exact) mass is 204 g/mol. The predicted octanol–water partition coefficient (Wildman–Crippen LogP) is 1.76. The van der Waals surface area contributed by atoms with Crippen LogP contribution in [0.5, 0.6) is 0 Å². The number of H-pyrrole nitrogens is 1. The maximum Gasteiger partial charge on any atom is 0.255 e. The number of rotatable bonds is 1. The van der Waals surface area contributed by atoms with Crippen LogP contribution in [0.3, 0.4) is 0 Å². The molecule has 0 fully saturated rings. The van der Waals surface area contributed by atoms with Gasteiger partial charge in [0.1, 0.15) is 5.82 Å². The van der Waals surface area contributed by atoms with Crippen molar-refractivity contribution in [1.82, 2.24) is 4.98 Å². The van der Waals surface area contributed by atoms with E-state index in [4.69, 9.17) is 5.73 Å². The number of aromatic nitrogens is 1. The van der Waals surface area contributed by atoms with Gasteiger partial charge in [-0.2, -0.15) is 0 Å². The lowest BCUT2D eigenvalue weighted by atomic mass is 10.1. The molecule has 0 aliphatic rings. The van der Waals surface area contributed by atoms with E-state index in [0.717, 1.165) is 0 Å². The molecule has 3 N–H and O–H groups in total. The van der Waals surface area contributed by atoms with Crippen molar-refractivity contribution < 1.29 is 4.39 Å². The van der Waals surface area contributed by atoms with Crippen molar-refractivity contribution in [3.63, 3.8) is 0 Å². The van der Waals surface area contributed by atoms with Gasteiger partial charge in [0.15, 0.2) is 0 Å². The van der Waals surface area contributed by atoms with Gasteiger partial charge in [0.2, 0.25) is 0 Å². The molecule has 0 atom stereocenters. The fourth-order valence-corrected chi connectivity index (χ4v) is 1.38. The number of halogens is 1. The summed E-state index contributed by atoms with van der Waals surface area (Å²) in [7, 11) is 0. The van der Waals surface area contributed by atoms with E-state index < -0.39 is 5.82 Å².